The first kappa shape index (κ1) is 21.8. The van der Waals surface area contributed by atoms with E-state index in [0.29, 0.717) is 49.6 Å². The third-order valence-electron chi connectivity index (χ3n) is 6.72. The number of ether oxygens (including phenoxy) is 1. The summed E-state index contributed by atoms with van der Waals surface area (Å²) in [4.78, 5) is 21.9. The molecule has 6 rings (SSSR count). The summed E-state index contributed by atoms with van der Waals surface area (Å²) < 4.78 is 31.5. The van der Waals surface area contributed by atoms with Crippen LogP contribution in [-0.2, 0) is 14.6 Å². The predicted octanol–water partition coefficient (Wildman–Crippen LogP) is 2.48. The summed E-state index contributed by atoms with van der Waals surface area (Å²) in [5.74, 6) is 2.63. The first-order valence-corrected chi connectivity index (χ1v) is 13.3. The average Bonchev–Trinajstić information content (AvgIpc) is 3.43. The molecule has 0 aliphatic carbocycles. The average molecular weight is 493 g/mol. The Morgan fingerprint density at radius 3 is 2.63 bits per heavy atom. The molecule has 35 heavy (non-hydrogen) atoms. The highest BCUT2D eigenvalue weighted by Gasteiger charge is 2.37. The highest BCUT2D eigenvalue weighted by Crippen LogP contribution is 2.43. The van der Waals surface area contributed by atoms with Crippen LogP contribution in [0.3, 0.4) is 0 Å². The number of anilines is 3. The van der Waals surface area contributed by atoms with E-state index in [2.05, 4.69) is 26.6 Å². The lowest BCUT2D eigenvalue weighted by Gasteiger charge is -2.32. The van der Waals surface area contributed by atoms with Crippen molar-refractivity contribution in [2.24, 2.45) is 0 Å². The number of sulfone groups is 1. The summed E-state index contributed by atoms with van der Waals surface area (Å²) in [6.45, 7) is 13.7. The SMILES string of the molecule is [C-]#[N+]c1ccc2ncn(-c3nc(N4CCS(=O)(=O)CC4)c4c(n3)N(C3CCOCC3)C(=C)N4)c2c1. The summed E-state index contributed by atoms with van der Waals surface area (Å²) in [6.07, 6.45) is 3.35. The molecule has 3 aliphatic rings. The first-order chi connectivity index (χ1) is 16.9. The number of nitrogens with one attached hydrogen (secondary N) is 1. The van der Waals surface area contributed by atoms with Crippen LogP contribution >= 0.6 is 0 Å². The molecule has 0 saturated carbocycles. The number of imidazole rings is 1. The summed E-state index contributed by atoms with van der Waals surface area (Å²) in [6, 6.07) is 5.49. The fourth-order valence-corrected chi connectivity index (χ4v) is 6.07. The third-order valence-corrected chi connectivity index (χ3v) is 8.33. The molecule has 11 nitrogen and oxygen atoms in total. The number of hydrogen-bond acceptors (Lipinski definition) is 9. The fraction of sp³-hybridized carbons (Fsp3) is 0.391. The second-order valence-electron chi connectivity index (χ2n) is 8.87. The minimum Gasteiger partial charge on any atom is -0.381 e. The quantitative estimate of drug-likeness (QED) is 0.552. The largest absolute Gasteiger partial charge is 0.381 e. The van der Waals surface area contributed by atoms with Crippen molar-refractivity contribution < 1.29 is 13.2 Å². The van der Waals surface area contributed by atoms with Gasteiger partial charge in [-0.2, -0.15) is 9.97 Å². The van der Waals surface area contributed by atoms with Gasteiger partial charge in [0.1, 0.15) is 17.8 Å². The van der Waals surface area contributed by atoms with Crippen molar-refractivity contribution in [1.82, 2.24) is 19.5 Å². The lowest BCUT2D eigenvalue weighted by atomic mass is 10.1. The van der Waals surface area contributed by atoms with Crippen LogP contribution in [0.4, 0.5) is 23.0 Å². The summed E-state index contributed by atoms with van der Waals surface area (Å²) >= 11 is 0. The Balaban J connectivity index is 1.51. The monoisotopic (exact) mass is 492 g/mol. The predicted molar refractivity (Wildman–Crippen MR) is 133 cm³/mol. The molecule has 0 spiro atoms. The van der Waals surface area contributed by atoms with Crippen LogP contribution < -0.4 is 15.1 Å². The molecule has 5 heterocycles. The van der Waals surface area contributed by atoms with Crippen LogP contribution in [0.2, 0.25) is 0 Å². The van der Waals surface area contributed by atoms with Gasteiger partial charge in [-0.05, 0) is 25.0 Å². The van der Waals surface area contributed by atoms with Gasteiger partial charge in [0.2, 0.25) is 5.95 Å². The van der Waals surface area contributed by atoms with E-state index in [1.165, 1.54) is 0 Å². The molecule has 180 valence electrons. The topological polar surface area (TPSA) is 110 Å². The van der Waals surface area contributed by atoms with Gasteiger partial charge in [-0.15, -0.1) is 0 Å². The summed E-state index contributed by atoms with van der Waals surface area (Å²) in [7, 11) is -3.06. The van der Waals surface area contributed by atoms with E-state index in [-0.39, 0.29) is 17.5 Å². The van der Waals surface area contributed by atoms with Gasteiger partial charge in [0.05, 0.1) is 29.1 Å². The maximum absolute atomic E-state index is 12.1. The maximum Gasteiger partial charge on any atom is 0.239 e. The summed E-state index contributed by atoms with van der Waals surface area (Å²) in [5.41, 5.74) is 2.69. The lowest BCUT2D eigenvalue weighted by molar-refractivity contribution is 0.0859. The van der Waals surface area contributed by atoms with E-state index in [1.807, 2.05) is 4.90 Å². The first-order valence-electron chi connectivity index (χ1n) is 11.5. The normalized spacial score (nSPS) is 20.0. The molecule has 0 amide bonds. The highest BCUT2D eigenvalue weighted by molar-refractivity contribution is 7.91. The van der Waals surface area contributed by atoms with Crippen molar-refractivity contribution >= 4 is 43.9 Å². The van der Waals surface area contributed by atoms with Gasteiger partial charge >= 0.3 is 0 Å². The zero-order valence-corrected chi connectivity index (χ0v) is 19.8. The number of benzene rings is 1. The minimum absolute atomic E-state index is 0.0775. The second-order valence-corrected chi connectivity index (χ2v) is 11.2. The molecule has 0 unspecified atom stereocenters. The van der Waals surface area contributed by atoms with Gasteiger partial charge in [-0.25, -0.2) is 18.2 Å². The Morgan fingerprint density at radius 1 is 1.14 bits per heavy atom. The molecule has 0 radical (unpaired) electrons. The molecule has 0 atom stereocenters. The van der Waals surface area contributed by atoms with E-state index in [9.17, 15) is 8.42 Å². The van der Waals surface area contributed by atoms with Crippen LogP contribution in [0.5, 0.6) is 0 Å². The van der Waals surface area contributed by atoms with Crippen LogP contribution in [-0.4, -0.2) is 71.8 Å². The van der Waals surface area contributed by atoms with E-state index in [0.717, 1.165) is 35.4 Å². The molecule has 3 aromatic rings. The molecule has 2 aromatic heterocycles. The Kier molecular flexibility index (Phi) is 5.12. The smallest absolute Gasteiger partial charge is 0.239 e. The molecular formula is C23H24N8O3S. The van der Waals surface area contributed by atoms with Crippen molar-refractivity contribution in [3.63, 3.8) is 0 Å². The van der Waals surface area contributed by atoms with E-state index < -0.39 is 9.84 Å². The number of rotatable bonds is 3. The van der Waals surface area contributed by atoms with Crippen molar-refractivity contribution in [3.05, 3.63) is 48.3 Å². The van der Waals surface area contributed by atoms with E-state index in [4.69, 9.17) is 21.3 Å². The van der Waals surface area contributed by atoms with Crippen molar-refractivity contribution in [2.45, 2.75) is 18.9 Å². The molecule has 3 aliphatic heterocycles. The lowest BCUT2D eigenvalue weighted by Crippen LogP contribution is -2.41. The molecular weight excluding hydrogens is 468 g/mol. The minimum atomic E-state index is -3.06. The van der Waals surface area contributed by atoms with Gasteiger partial charge in [0, 0.05) is 32.3 Å². The number of hydrogen-bond donors (Lipinski definition) is 1. The van der Waals surface area contributed by atoms with Gasteiger partial charge < -0.3 is 19.9 Å². The Labute approximate surface area is 202 Å². The fourth-order valence-electron chi connectivity index (χ4n) is 4.87. The number of aromatic nitrogens is 4. The van der Waals surface area contributed by atoms with Crippen LogP contribution in [0, 0.1) is 6.57 Å². The second kappa shape index (κ2) is 8.21. The van der Waals surface area contributed by atoms with Gasteiger partial charge in [0.15, 0.2) is 27.2 Å². The standard InChI is InChI=1S/C23H24N8O3S/c1-15-26-20-21(29-7-11-35(32,33)12-8-29)27-23(28-22(20)31(15)17-5-9-34-10-6-17)30-14-25-18-4-3-16(24-2)13-19(18)30/h3-4,13-14,17,26H,1,5-12H2. The molecule has 0 bridgehead atoms. The van der Waals surface area contributed by atoms with Gasteiger partial charge in [-0.3, -0.25) is 4.57 Å². The number of nitrogens with zero attached hydrogens (tertiary/aromatic N) is 7. The van der Waals surface area contributed by atoms with Gasteiger partial charge in [0.25, 0.3) is 0 Å². The van der Waals surface area contributed by atoms with Gasteiger partial charge in [-0.1, -0.05) is 12.6 Å². The molecule has 2 saturated heterocycles. The van der Waals surface area contributed by atoms with Crippen LogP contribution in [0.1, 0.15) is 12.8 Å². The Morgan fingerprint density at radius 2 is 1.89 bits per heavy atom. The summed E-state index contributed by atoms with van der Waals surface area (Å²) in [5, 5.41) is 3.37. The van der Waals surface area contributed by atoms with Crippen molar-refractivity contribution in [1.29, 1.82) is 0 Å². The Hall–Kier alpha value is -3.69. The molecule has 1 N–H and O–H groups in total. The van der Waals surface area contributed by atoms with E-state index in [1.54, 1.807) is 29.1 Å². The molecule has 1 aromatic carbocycles. The zero-order chi connectivity index (χ0) is 24.2. The Bertz CT molecular complexity index is 1470. The molecule has 12 heteroatoms. The zero-order valence-electron chi connectivity index (χ0n) is 19.0. The van der Waals surface area contributed by atoms with Crippen molar-refractivity contribution in [2.75, 3.05) is 52.9 Å². The number of fused-ring (bicyclic) bond motifs is 2. The third kappa shape index (κ3) is 3.77. The maximum atomic E-state index is 12.1. The van der Waals surface area contributed by atoms with E-state index >= 15 is 0 Å². The van der Waals surface area contributed by atoms with Crippen molar-refractivity contribution in [3.8, 4) is 5.95 Å². The molecule has 2 fully saturated rings. The van der Waals surface area contributed by atoms with Crippen LogP contribution in [0.15, 0.2) is 36.9 Å². The highest BCUT2D eigenvalue weighted by atomic mass is 32.2. The van der Waals surface area contributed by atoms with Crippen LogP contribution in [0.25, 0.3) is 21.8 Å².